The van der Waals surface area contributed by atoms with Crippen molar-refractivity contribution < 1.29 is 33.3 Å². The van der Waals surface area contributed by atoms with E-state index in [0.717, 1.165) is 5.57 Å². The summed E-state index contributed by atoms with van der Waals surface area (Å²) in [5, 5.41) is 0. The minimum Gasteiger partial charge on any atom is -0.461 e. The average molecular weight is 394 g/mol. The Hall–Kier alpha value is -1.70. The van der Waals surface area contributed by atoms with Crippen LogP contribution in [0.2, 0.25) is 0 Å². The third-order valence-electron chi connectivity index (χ3n) is 6.17. The molecule has 0 aromatic carbocycles. The second kappa shape index (κ2) is 7.28. The molecule has 3 rings (SSSR count). The van der Waals surface area contributed by atoms with E-state index in [0.29, 0.717) is 18.4 Å². The Morgan fingerprint density at radius 1 is 1.32 bits per heavy atom. The monoisotopic (exact) mass is 394 g/mol. The Balaban J connectivity index is 2.10. The molecule has 0 aliphatic carbocycles. The number of hydrogen-bond acceptors (Lipinski definition) is 7. The third-order valence-corrected chi connectivity index (χ3v) is 6.17. The minimum absolute atomic E-state index is 0.279. The Morgan fingerprint density at radius 3 is 2.57 bits per heavy atom. The van der Waals surface area contributed by atoms with E-state index in [2.05, 4.69) is 6.58 Å². The van der Waals surface area contributed by atoms with E-state index in [9.17, 15) is 9.59 Å². The van der Waals surface area contributed by atoms with Crippen molar-refractivity contribution in [2.45, 2.75) is 70.2 Å². The van der Waals surface area contributed by atoms with Gasteiger partial charge in [0.15, 0.2) is 5.79 Å². The number of fused-ring (bicyclic) bond motifs is 3. The molecule has 3 aliphatic rings. The van der Waals surface area contributed by atoms with E-state index >= 15 is 0 Å². The molecule has 2 saturated heterocycles. The van der Waals surface area contributed by atoms with Gasteiger partial charge in [-0.1, -0.05) is 20.4 Å². The molecule has 0 aromatic heterocycles. The van der Waals surface area contributed by atoms with E-state index in [1.54, 1.807) is 28.1 Å². The smallest absolute Gasteiger partial charge is 0.334 e. The Labute approximate surface area is 166 Å². The first-order valence-electron chi connectivity index (χ1n) is 9.64. The van der Waals surface area contributed by atoms with Crippen LogP contribution < -0.4 is 0 Å². The van der Waals surface area contributed by atoms with Crippen molar-refractivity contribution in [3.05, 3.63) is 23.8 Å². The molecule has 0 N–H and O–H groups in total. The molecule has 3 heterocycles. The summed E-state index contributed by atoms with van der Waals surface area (Å²) >= 11 is 0. The number of carbonyl (C=O) groups excluding carboxylic acids is 2. The van der Waals surface area contributed by atoms with Crippen molar-refractivity contribution in [1.82, 2.24) is 0 Å². The van der Waals surface area contributed by atoms with Gasteiger partial charge < -0.3 is 23.7 Å². The van der Waals surface area contributed by atoms with Gasteiger partial charge in [0.1, 0.15) is 12.2 Å². The zero-order valence-corrected chi connectivity index (χ0v) is 17.4. The van der Waals surface area contributed by atoms with Gasteiger partial charge in [-0.2, -0.15) is 0 Å². The highest BCUT2D eigenvalue weighted by molar-refractivity contribution is 5.91. The van der Waals surface area contributed by atoms with E-state index in [1.165, 1.54) is 0 Å². The first-order valence-corrected chi connectivity index (χ1v) is 9.64. The zero-order chi connectivity index (χ0) is 20.9. The predicted octanol–water partition coefficient (Wildman–Crippen LogP) is 2.54. The number of carbonyl (C=O) groups is 2. The van der Waals surface area contributed by atoms with E-state index in [-0.39, 0.29) is 18.0 Å². The molecule has 7 nitrogen and oxygen atoms in total. The summed E-state index contributed by atoms with van der Waals surface area (Å²) < 4.78 is 29.3. The zero-order valence-electron chi connectivity index (χ0n) is 17.4. The predicted molar refractivity (Wildman–Crippen MR) is 100 cm³/mol. The van der Waals surface area contributed by atoms with E-state index in [4.69, 9.17) is 23.7 Å². The van der Waals surface area contributed by atoms with Gasteiger partial charge in [0.05, 0.1) is 23.5 Å². The van der Waals surface area contributed by atoms with Crippen molar-refractivity contribution >= 4 is 11.9 Å². The van der Waals surface area contributed by atoms with Crippen LogP contribution >= 0.6 is 0 Å². The molecule has 2 bridgehead atoms. The summed E-state index contributed by atoms with van der Waals surface area (Å²) in [5.74, 6) is -2.60. The average Bonchev–Trinajstić information content (AvgIpc) is 3.08. The number of rotatable bonds is 4. The van der Waals surface area contributed by atoms with Crippen LogP contribution in [0.5, 0.6) is 0 Å². The summed E-state index contributed by atoms with van der Waals surface area (Å²) in [6.07, 6.45) is 1.12. The molecule has 0 unspecified atom stereocenters. The van der Waals surface area contributed by atoms with Gasteiger partial charge in [-0.3, -0.25) is 4.79 Å². The highest BCUT2D eigenvalue weighted by atomic mass is 16.7. The number of hydrogen-bond donors (Lipinski definition) is 0. The molecule has 0 saturated carbocycles. The number of methoxy groups -OCH3 is 2. The van der Waals surface area contributed by atoms with Gasteiger partial charge in [-0.05, 0) is 25.5 Å². The molecule has 6 atom stereocenters. The van der Waals surface area contributed by atoms with Gasteiger partial charge in [-0.25, -0.2) is 4.79 Å². The quantitative estimate of drug-likeness (QED) is 0.412. The number of ether oxygens (including phenoxy) is 5. The SMILES string of the molecule is C=C1C(=O)O[C@@H]2/C=C(/C)[C@@]3(OC)C[C@@H](OC)[C@](C)(C[C@@H](OC(=O)C(C)C)[C@@H]12)O3. The first kappa shape index (κ1) is 21.0. The van der Waals surface area contributed by atoms with Crippen LogP contribution in [-0.4, -0.2) is 55.9 Å². The van der Waals surface area contributed by atoms with Crippen LogP contribution in [0.1, 0.15) is 40.5 Å². The summed E-state index contributed by atoms with van der Waals surface area (Å²) in [5.41, 5.74) is 0.300. The van der Waals surface area contributed by atoms with Crippen molar-refractivity contribution in [2.24, 2.45) is 11.8 Å². The van der Waals surface area contributed by atoms with Gasteiger partial charge in [0.25, 0.3) is 0 Å². The van der Waals surface area contributed by atoms with Crippen LogP contribution in [0, 0.1) is 11.8 Å². The largest absolute Gasteiger partial charge is 0.461 e. The lowest BCUT2D eigenvalue weighted by molar-refractivity contribution is -0.223. The van der Waals surface area contributed by atoms with Gasteiger partial charge in [0, 0.05) is 32.6 Å². The normalized spacial score (nSPS) is 42.2. The van der Waals surface area contributed by atoms with Gasteiger partial charge in [-0.15, -0.1) is 0 Å². The maximum Gasteiger partial charge on any atom is 0.334 e. The lowest BCUT2D eigenvalue weighted by Crippen LogP contribution is -2.45. The van der Waals surface area contributed by atoms with Gasteiger partial charge in [0.2, 0.25) is 0 Å². The molecule has 0 amide bonds. The Kier molecular flexibility index (Phi) is 5.47. The molecule has 156 valence electrons. The molecule has 2 fully saturated rings. The second-order valence-corrected chi connectivity index (χ2v) is 8.41. The summed E-state index contributed by atoms with van der Waals surface area (Å²) in [6, 6.07) is 0. The minimum atomic E-state index is -0.993. The van der Waals surface area contributed by atoms with Gasteiger partial charge >= 0.3 is 11.9 Å². The molecule has 0 radical (unpaired) electrons. The number of esters is 2. The van der Waals surface area contributed by atoms with Crippen molar-refractivity contribution in [2.75, 3.05) is 14.2 Å². The standard InChI is InChI=1S/C21H30O7/c1-11(2)18(22)27-15-9-20(5)16(24-6)10-21(25-7,28-20)12(3)8-14-17(15)13(4)19(23)26-14/h8,11,14-17H,4,9-10H2,1-3,5-7H3/b12-8-/t14-,15-,16-,17+,20+,21-/m1/s1. The van der Waals surface area contributed by atoms with E-state index in [1.807, 2.05) is 19.9 Å². The summed E-state index contributed by atoms with van der Waals surface area (Å²) in [4.78, 5) is 24.7. The van der Waals surface area contributed by atoms with Crippen LogP contribution in [0.25, 0.3) is 0 Å². The molecular weight excluding hydrogens is 364 g/mol. The fourth-order valence-corrected chi connectivity index (χ4v) is 4.46. The molecule has 0 spiro atoms. The maximum atomic E-state index is 12.4. The molecule has 0 aromatic rings. The van der Waals surface area contributed by atoms with E-state index < -0.39 is 35.5 Å². The fraction of sp³-hybridized carbons (Fsp3) is 0.714. The molecule has 3 aliphatic heterocycles. The van der Waals surface area contributed by atoms with Crippen molar-refractivity contribution in [3.63, 3.8) is 0 Å². The fourth-order valence-electron chi connectivity index (χ4n) is 4.46. The highest BCUT2D eigenvalue weighted by Crippen LogP contribution is 2.50. The molecule has 7 heteroatoms. The van der Waals surface area contributed by atoms with Crippen molar-refractivity contribution in [3.8, 4) is 0 Å². The summed E-state index contributed by atoms with van der Waals surface area (Å²) in [7, 11) is 3.21. The highest BCUT2D eigenvalue weighted by Gasteiger charge is 2.59. The Morgan fingerprint density at radius 2 is 2.00 bits per heavy atom. The van der Waals surface area contributed by atoms with Crippen LogP contribution in [0.4, 0.5) is 0 Å². The Bertz CT molecular complexity index is 712. The maximum absolute atomic E-state index is 12.4. The topological polar surface area (TPSA) is 80.3 Å². The van der Waals surface area contributed by atoms with Crippen LogP contribution in [0.15, 0.2) is 23.8 Å². The van der Waals surface area contributed by atoms with Crippen LogP contribution in [0.3, 0.4) is 0 Å². The molecular formula is C21H30O7. The van der Waals surface area contributed by atoms with Crippen molar-refractivity contribution in [1.29, 1.82) is 0 Å². The lowest BCUT2D eigenvalue weighted by atomic mass is 9.80. The van der Waals surface area contributed by atoms with Crippen LogP contribution in [-0.2, 0) is 33.3 Å². The summed E-state index contributed by atoms with van der Waals surface area (Å²) in [6.45, 7) is 11.3. The first-order chi connectivity index (χ1) is 13.1. The second-order valence-electron chi connectivity index (χ2n) is 8.41. The lowest BCUT2D eigenvalue weighted by Gasteiger charge is -2.36. The molecule has 28 heavy (non-hydrogen) atoms. The third kappa shape index (κ3) is 3.29.